The van der Waals surface area contributed by atoms with Gasteiger partial charge in [-0.3, -0.25) is 0 Å². The molecule has 0 aliphatic carbocycles. The number of carbonyl (C=O) groups excluding carboxylic acids is 3. The van der Waals surface area contributed by atoms with Crippen molar-refractivity contribution in [3.05, 3.63) is 108 Å². The van der Waals surface area contributed by atoms with Crippen LogP contribution in [0.2, 0.25) is 0 Å². The molecule has 0 unspecified atom stereocenters. The van der Waals surface area contributed by atoms with E-state index < -0.39 is 17.9 Å². The highest BCUT2D eigenvalue weighted by Gasteiger charge is 2.10. The van der Waals surface area contributed by atoms with Gasteiger partial charge < -0.3 is 14.2 Å². The normalized spacial score (nSPS) is 10.2. The summed E-state index contributed by atoms with van der Waals surface area (Å²) in [4.78, 5) is 35.5. The summed E-state index contributed by atoms with van der Waals surface area (Å²) in [5.74, 6) is -0.508. The molecule has 0 aliphatic heterocycles. The van der Waals surface area contributed by atoms with Gasteiger partial charge in [-0.2, -0.15) is 0 Å². The van der Waals surface area contributed by atoms with Crippen molar-refractivity contribution in [1.29, 1.82) is 0 Å². The summed E-state index contributed by atoms with van der Waals surface area (Å²) in [6.07, 6.45) is 0.548. The van der Waals surface area contributed by atoms with Crippen molar-refractivity contribution >= 4 is 17.9 Å². The lowest BCUT2D eigenvalue weighted by Gasteiger charge is -2.08. The quantitative estimate of drug-likeness (QED) is 0.226. The van der Waals surface area contributed by atoms with E-state index in [-0.39, 0.29) is 6.61 Å². The molecular formula is C29H26O6. The Kier molecular flexibility index (Phi) is 8.35. The summed E-state index contributed by atoms with van der Waals surface area (Å²) in [5, 5.41) is 0. The third-order valence-electron chi connectivity index (χ3n) is 4.97. The van der Waals surface area contributed by atoms with Gasteiger partial charge in [0, 0.05) is 17.6 Å². The standard InChI is InChI=1S/C29H26O6/c1-19(2)27(30)33-18-17-21-5-13-25(14-6-21)35-29(32)24-9-7-22(8-10-24)23-11-15-26(16-12-23)34-28(31)20(3)4/h5-16H,1,3,17-18H2,2,4H3. The molecule has 0 aromatic heterocycles. The maximum absolute atomic E-state index is 12.5. The lowest BCUT2D eigenvalue weighted by molar-refractivity contribution is -0.138. The molecule has 0 amide bonds. The third-order valence-corrected chi connectivity index (χ3v) is 4.97. The summed E-state index contributed by atoms with van der Waals surface area (Å²) < 4.78 is 15.7. The van der Waals surface area contributed by atoms with Crippen molar-refractivity contribution in [2.75, 3.05) is 6.61 Å². The fourth-order valence-corrected chi connectivity index (χ4v) is 2.98. The van der Waals surface area contributed by atoms with Crippen LogP contribution in [0.1, 0.15) is 29.8 Å². The number of rotatable bonds is 9. The van der Waals surface area contributed by atoms with Gasteiger partial charge in [0.05, 0.1) is 12.2 Å². The molecule has 0 heterocycles. The van der Waals surface area contributed by atoms with Crippen LogP contribution in [-0.4, -0.2) is 24.5 Å². The van der Waals surface area contributed by atoms with Crippen LogP contribution in [-0.2, 0) is 20.7 Å². The van der Waals surface area contributed by atoms with Crippen LogP contribution >= 0.6 is 0 Å². The molecular weight excluding hydrogens is 444 g/mol. The molecule has 6 nitrogen and oxygen atoms in total. The average molecular weight is 471 g/mol. The van der Waals surface area contributed by atoms with E-state index in [4.69, 9.17) is 14.2 Å². The zero-order chi connectivity index (χ0) is 25.4. The Balaban J connectivity index is 1.55. The van der Waals surface area contributed by atoms with Gasteiger partial charge in [-0.1, -0.05) is 49.6 Å². The number of hydrogen-bond donors (Lipinski definition) is 0. The lowest BCUT2D eigenvalue weighted by atomic mass is 10.0. The summed E-state index contributed by atoms with van der Waals surface area (Å²) >= 11 is 0. The highest BCUT2D eigenvalue weighted by Crippen LogP contribution is 2.24. The van der Waals surface area contributed by atoms with Gasteiger partial charge in [-0.15, -0.1) is 0 Å². The second-order valence-corrected chi connectivity index (χ2v) is 7.97. The predicted molar refractivity (Wildman–Crippen MR) is 133 cm³/mol. The Morgan fingerprint density at radius 3 is 1.69 bits per heavy atom. The van der Waals surface area contributed by atoms with Crippen molar-refractivity contribution in [3.63, 3.8) is 0 Å². The minimum absolute atomic E-state index is 0.250. The molecule has 0 aliphatic rings. The first-order valence-corrected chi connectivity index (χ1v) is 10.9. The lowest BCUT2D eigenvalue weighted by Crippen LogP contribution is -2.09. The fourth-order valence-electron chi connectivity index (χ4n) is 2.98. The molecule has 0 spiro atoms. The molecule has 3 aromatic rings. The monoisotopic (exact) mass is 470 g/mol. The van der Waals surface area contributed by atoms with Gasteiger partial charge in [-0.05, 0) is 66.9 Å². The molecule has 0 N–H and O–H groups in total. The van der Waals surface area contributed by atoms with E-state index in [2.05, 4.69) is 13.2 Å². The van der Waals surface area contributed by atoms with Gasteiger partial charge in [0.25, 0.3) is 0 Å². The first-order valence-electron chi connectivity index (χ1n) is 10.9. The van der Waals surface area contributed by atoms with Crippen LogP contribution in [0.5, 0.6) is 11.5 Å². The summed E-state index contributed by atoms with van der Waals surface area (Å²) in [6, 6.07) is 21.1. The zero-order valence-electron chi connectivity index (χ0n) is 19.7. The first-order chi connectivity index (χ1) is 16.7. The van der Waals surface area contributed by atoms with Crippen molar-refractivity contribution in [3.8, 4) is 22.6 Å². The van der Waals surface area contributed by atoms with E-state index in [1.807, 2.05) is 36.4 Å². The largest absolute Gasteiger partial charge is 0.462 e. The minimum Gasteiger partial charge on any atom is -0.462 e. The van der Waals surface area contributed by atoms with Crippen molar-refractivity contribution in [1.82, 2.24) is 0 Å². The van der Waals surface area contributed by atoms with Crippen LogP contribution < -0.4 is 9.47 Å². The highest BCUT2D eigenvalue weighted by atomic mass is 16.5. The number of carbonyl (C=O) groups is 3. The van der Waals surface area contributed by atoms with E-state index in [0.717, 1.165) is 16.7 Å². The van der Waals surface area contributed by atoms with Gasteiger partial charge in [0.15, 0.2) is 0 Å². The predicted octanol–water partition coefficient (Wildman–Crippen LogP) is 5.72. The fraction of sp³-hybridized carbons (Fsp3) is 0.138. The SMILES string of the molecule is C=C(C)C(=O)OCCc1ccc(OC(=O)c2ccc(-c3ccc(OC(=O)C(=C)C)cc3)cc2)cc1. The van der Waals surface area contributed by atoms with Crippen molar-refractivity contribution in [2.45, 2.75) is 20.3 Å². The Bertz CT molecular complexity index is 1240. The number of hydrogen-bond acceptors (Lipinski definition) is 6. The van der Waals surface area contributed by atoms with E-state index in [1.165, 1.54) is 0 Å². The summed E-state index contributed by atoms with van der Waals surface area (Å²) in [6.45, 7) is 10.5. The van der Waals surface area contributed by atoms with E-state index in [0.29, 0.717) is 34.6 Å². The first kappa shape index (κ1) is 25.2. The Morgan fingerprint density at radius 2 is 1.14 bits per heavy atom. The number of benzene rings is 3. The molecule has 0 radical (unpaired) electrons. The smallest absolute Gasteiger partial charge is 0.343 e. The molecule has 0 saturated heterocycles. The van der Waals surface area contributed by atoms with E-state index in [9.17, 15) is 14.4 Å². The minimum atomic E-state index is -0.473. The maximum Gasteiger partial charge on any atom is 0.343 e. The Hall–Kier alpha value is -4.45. The van der Waals surface area contributed by atoms with Crippen LogP contribution in [0, 0.1) is 0 Å². The van der Waals surface area contributed by atoms with Gasteiger partial charge in [0.2, 0.25) is 0 Å². The molecule has 6 heteroatoms. The molecule has 35 heavy (non-hydrogen) atoms. The summed E-state index contributed by atoms with van der Waals surface area (Å²) in [5.41, 5.74) is 3.86. The van der Waals surface area contributed by atoms with Crippen molar-refractivity contribution < 1.29 is 28.6 Å². The Morgan fingerprint density at radius 1 is 0.657 bits per heavy atom. The van der Waals surface area contributed by atoms with Crippen LogP contribution in [0.25, 0.3) is 11.1 Å². The molecule has 3 aromatic carbocycles. The second kappa shape index (κ2) is 11.6. The zero-order valence-corrected chi connectivity index (χ0v) is 19.7. The van der Waals surface area contributed by atoms with E-state index in [1.54, 1.807) is 50.2 Å². The molecule has 178 valence electrons. The summed E-state index contributed by atoms with van der Waals surface area (Å²) in [7, 11) is 0. The Labute approximate surface area is 204 Å². The average Bonchev–Trinajstić information content (AvgIpc) is 2.85. The van der Waals surface area contributed by atoms with Crippen LogP contribution in [0.4, 0.5) is 0 Å². The second-order valence-electron chi connectivity index (χ2n) is 7.97. The molecule has 3 rings (SSSR count). The molecule has 0 fully saturated rings. The highest BCUT2D eigenvalue weighted by molar-refractivity contribution is 5.92. The van der Waals surface area contributed by atoms with Crippen LogP contribution in [0.15, 0.2) is 97.1 Å². The number of ether oxygens (including phenoxy) is 3. The van der Waals surface area contributed by atoms with E-state index >= 15 is 0 Å². The molecule has 0 bridgehead atoms. The van der Waals surface area contributed by atoms with Gasteiger partial charge in [0.1, 0.15) is 11.5 Å². The van der Waals surface area contributed by atoms with Crippen LogP contribution in [0.3, 0.4) is 0 Å². The molecule has 0 saturated carbocycles. The third kappa shape index (κ3) is 7.27. The number of esters is 3. The van der Waals surface area contributed by atoms with Crippen molar-refractivity contribution in [2.24, 2.45) is 0 Å². The maximum atomic E-state index is 12.5. The molecule has 0 atom stereocenters. The van der Waals surface area contributed by atoms with Gasteiger partial charge >= 0.3 is 17.9 Å². The topological polar surface area (TPSA) is 78.9 Å². The van der Waals surface area contributed by atoms with Gasteiger partial charge in [-0.25, -0.2) is 14.4 Å².